The molecule has 31 heavy (non-hydrogen) atoms. The first-order chi connectivity index (χ1) is 15.1. The number of furan rings is 1. The summed E-state index contributed by atoms with van der Waals surface area (Å²) in [6.45, 7) is 3.95. The summed E-state index contributed by atoms with van der Waals surface area (Å²) in [4.78, 5) is 27.5. The van der Waals surface area contributed by atoms with Crippen molar-refractivity contribution in [1.29, 1.82) is 0 Å². The van der Waals surface area contributed by atoms with Crippen molar-refractivity contribution in [3.8, 4) is 0 Å². The van der Waals surface area contributed by atoms with Crippen molar-refractivity contribution < 1.29 is 14.0 Å². The monoisotopic (exact) mass is 444 g/mol. The molecule has 7 nitrogen and oxygen atoms in total. The number of benzene rings is 1. The number of likely N-dealkylation sites (tertiary alicyclic amines) is 1. The predicted molar refractivity (Wildman–Crippen MR) is 121 cm³/mol. The Morgan fingerprint density at radius 1 is 1.16 bits per heavy atom. The summed E-state index contributed by atoms with van der Waals surface area (Å²) in [5.74, 6) is 0.0662. The van der Waals surface area contributed by atoms with Crippen LogP contribution in [0.15, 0.2) is 16.5 Å². The van der Waals surface area contributed by atoms with E-state index in [0.717, 1.165) is 69.1 Å². The molecule has 2 aliphatic heterocycles. The average molecular weight is 445 g/mol. The van der Waals surface area contributed by atoms with Gasteiger partial charge in [-0.3, -0.25) is 4.79 Å². The van der Waals surface area contributed by atoms with Crippen LogP contribution in [-0.2, 0) is 5.54 Å². The summed E-state index contributed by atoms with van der Waals surface area (Å²) >= 11 is 6.55. The zero-order valence-electron chi connectivity index (χ0n) is 17.7. The highest BCUT2D eigenvalue weighted by Gasteiger charge is 2.43. The Morgan fingerprint density at radius 2 is 1.94 bits per heavy atom. The summed E-state index contributed by atoms with van der Waals surface area (Å²) < 4.78 is 6.10. The molecule has 3 heterocycles. The van der Waals surface area contributed by atoms with Crippen LogP contribution >= 0.6 is 11.6 Å². The van der Waals surface area contributed by atoms with Crippen molar-refractivity contribution in [2.75, 3.05) is 31.5 Å². The second-order valence-electron chi connectivity index (χ2n) is 9.02. The van der Waals surface area contributed by atoms with E-state index in [4.69, 9.17) is 16.0 Å². The molecule has 1 saturated carbocycles. The molecule has 2 aromatic rings. The van der Waals surface area contributed by atoms with Crippen LogP contribution in [0, 0.1) is 0 Å². The molecule has 1 aromatic heterocycles. The summed E-state index contributed by atoms with van der Waals surface area (Å²) in [6, 6.07) is 3.29. The second kappa shape index (κ2) is 8.36. The molecule has 166 valence electrons. The number of nitrogens with one attached hydrogen (secondary N) is 3. The smallest absolute Gasteiger partial charge is 0.319 e. The fourth-order valence-electron chi connectivity index (χ4n) is 5.39. The normalized spacial score (nSPS) is 20.5. The van der Waals surface area contributed by atoms with Crippen molar-refractivity contribution >= 4 is 40.2 Å². The minimum absolute atomic E-state index is 0.215. The molecule has 0 atom stereocenters. The first-order valence-corrected chi connectivity index (χ1v) is 11.8. The fourth-order valence-corrected chi connectivity index (χ4v) is 5.65. The second-order valence-corrected chi connectivity index (χ2v) is 9.42. The van der Waals surface area contributed by atoms with Gasteiger partial charge in [0.25, 0.3) is 5.91 Å². The lowest BCUT2D eigenvalue weighted by Crippen LogP contribution is -2.52. The molecule has 0 unspecified atom stereocenters. The molecule has 5 rings (SSSR count). The van der Waals surface area contributed by atoms with Gasteiger partial charge in [-0.05, 0) is 63.9 Å². The van der Waals surface area contributed by atoms with Crippen LogP contribution in [-0.4, -0.2) is 43.0 Å². The van der Waals surface area contributed by atoms with Gasteiger partial charge in [-0.25, -0.2) is 4.79 Å². The maximum Gasteiger partial charge on any atom is 0.319 e. The summed E-state index contributed by atoms with van der Waals surface area (Å²) in [7, 11) is 0. The SMILES string of the molecule is O=C1Nc2c(Cl)cc3cc(C(=O)NCCCN4CCCC4)oc3c2C2(CCCCC2)N1. The standard InChI is InChI=1S/C23H29ClN4O3/c24-16-13-15-14-17(21(29)25-9-6-12-28-10-4-5-11-28)31-20(15)18-19(16)26-22(30)27-23(18)7-2-1-3-8-23/h13-14H,1-12H2,(H,25,29)(H2,26,27,30). The quantitative estimate of drug-likeness (QED) is 0.588. The van der Waals surface area contributed by atoms with Crippen LogP contribution in [0.25, 0.3) is 11.0 Å². The molecule has 1 aliphatic carbocycles. The molecule has 1 saturated heterocycles. The molecule has 0 bridgehead atoms. The van der Waals surface area contributed by atoms with Gasteiger partial charge in [0.05, 0.1) is 16.2 Å². The van der Waals surface area contributed by atoms with Gasteiger partial charge in [-0.2, -0.15) is 0 Å². The maximum atomic E-state index is 12.7. The number of halogens is 1. The van der Waals surface area contributed by atoms with E-state index in [1.807, 2.05) is 0 Å². The number of carbonyl (C=O) groups excluding carboxylic acids is 2. The Hall–Kier alpha value is -2.25. The van der Waals surface area contributed by atoms with Crippen LogP contribution in [0.3, 0.4) is 0 Å². The van der Waals surface area contributed by atoms with E-state index < -0.39 is 5.54 Å². The Balaban J connectivity index is 1.40. The van der Waals surface area contributed by atoms with E-state index in [2.05, 4.69) is 20.9 Å². The molecule has 8 heteroatoms. The van der Waals surface area contributed by atoms with E-state index in [1.54, 1.807) is 12.1 Å². The molecule has 2 fully saturated rings. The van der Waals surface area contributed by atoms with Crippen LogP contribution in [0.5, 0.6) is 0 Å². The Kier molecular flexibility index (Phi) is 5.56. The van der Waals surface area contributed by atoms with E-state index >= 15 is 0 Å². The van der Waals surface area contributed by atoms with Crippen LogP contribution in [0.1, 0.15) is 67.5 Å². The summed E-state index contributed by atoms with van der Waals surface area (Å²) in [5.41, 5.74) is 1.62. The fraction of sp³-hybridized carbons (Fsp3) is 0.565. The van der Waals surface area contributed by atoms with E-state index in [0.29, 0.717) is 22.8 Å². The number of rotatable bonds is 5. The van der Waals surface area contributed by atoms with Crippen molar-refractivity contribution in [1.82, 2.24) is 15.5 Å². The van der Waals surface area contributed by atoms with Gasteiger partial charge in [0.15, 0.2) is 5.76 Å². The van der Waals surface area contributed by atoms with Gasteiger partial charge in [0.2, 0.25) is 0 Å². The van der Waals surface area contributed by atoms with Crippen molar-refractivity contribution in [3.63, 3.8) is 0 Å². The molecule has 0 radical (unpaired) electrons. The zero-order valence-corrected chi connectivity index (χ0v) is 18.4. The van der Waals surface area contributed by atoms with Crippen LogP contribution in [0.4, 0.5) is 10.5 Å². The Morgan fingerprint density at radius 3 is 2.71 bits per heavy atom. The number of nitrogens with zero attached hydrogens (tertiary/aromatic N) is 1. The highest BCUT2D eigenvalue weighted by atomic mass is 35.5. The minimum Gasteiger partial charge on any atom is -0.450 e. The molecular weight excluding hydrogens is 416 g/mol. The third-order valence-corrected chi connectivity index (χ3v) is 7.19. The Labute approximate surface area is 186 Å². The number of anilines is 1. The molecule has 3 aliphatic rings. The van der Waals surface area contributed by atoms with Crippen molar-refractivity contribution in [2.45, 2.75) is 56.9 Å². The highest BCUT2D eigenvalue weighted by molar-refractivity contribution is 6.35. The highest BCUT2D eigenvalue weighted by Crippen LogP contribution is 2.48. The number of carbonyl (C=O) groups is 2. The number of fused-ring (bicyclic) bond motifs is 4. The van der Waals surface area contributed by atoms with Gasteiger partial charge in [-0.15, -0.1) is 0 Å². The Bertz CT molecular complexity index is 1010. The molecular formula is C23H29ClN4O3. The molecule has 1 aromatic carbocycles. The first kappa shape index (κ1) is 20.6. The third-order valence-electron chi connectivity index (χ3n) is 6.90. The largest absolute Gasteiger partial charge is 0.450 e. The van der Waals surface area contributed by atoms with Gasteiger partial charge in [0, 0.05) is 17.5 Å². The van der Waals surface area contributed by atoms with Gasteiger partial charge in [-0.1, -0.05) is 30.9 Å². The number of hydrogen-bond donors (Lipinski definition) is 3. The number of amides is 3. The van der Waals surface area contributed by atoms with Crippen molar-refractivity contribution in [2.24, 2.45) is 0 Å². The van der Waals surface area contributed by atoms with Crippen LogP contribution < -0.4 is 16.0 Å². The third kappa shape index (κ3) is 3.89. The average Bonchev–Trinajstić information content (AvgIpc) is 3.41. The summed E-state index contributed by atoms with van der Waals surface area (Å²) in [6.07, 6.45) is 8.34. The molecule has 1 spiro atoms. The van der Waals surface area contributed by atoms with Gasteiger partial charge >= 0.3 is 6.03 Å². The number of urea groups is 1. The lowest BCUT2D eigenvalue weighted by Gasteiger charge is -2.42. The van der Waals surface area contributed by atoms with Crippen molar-refractivity contribution in [3.05, 3.63) is 28.5 Å². The van der Waals surface area contributed by atoms with Gasteiger partial charge in [0.1, 0.15) is 5.58 Å². The first-order valence-electron chi connectivity index (χ1n) is 11.4. The molecule has 3 amide bonds. The van der Waals surface area contributed by atoms with E-state index in [-0.39, 0.29) is 17.7 Å². The minimum atomic E-state index is -0.500. The lowest BCUT2D eigenvalue weighted by atomic mass is 9.74. The maximum absolute atomic E-state index is 12.7. The van der Waals surface area contributed by atoms with E-state index in [9.17, 15) is 9.59 Å². The zero-order chi connectivity index (χ0) is 21.4. The molecule has 3 N–H and O–H groups in total. The van der Waals surface area contributed by atoms with E-state index in [1.165, 1.54) is 12.8 Å². The summed E-state index contributed by atoms with van der Waals surface area (Å²) in [5, 5.41) is 10.2. The van der Waals surface area contributed by atoms with Gasteiger partial charge < -0.3 is 25.3 Å². The number of hydrogen-bond acceptors (Lipinski definition) is 4. The predicted octanol–water partition coefficient (Wildman–Crippen LogP) is 4.60. The lowest BCUT2D eigenvalue weighted by molar-refractivity contribution is 0.0926. The van der Waals surface area contributed by atoms with Crippen LogP contribution in [0.2, 0.25) is 5.02 Å². The topological polar surface area (TPSA) is 86.6 Å².